The second-order valence-corrected chi connectivity index (χ2v) is 5.75. The van der Waals surface area contributed by atoms with Crippen molar-refractivity contribution in [2.24, 2.45) is 0 Å². The average molecular weight is 325 g/mol. The van der Waals surface area contributed by atoms with Gasteiger partial charge in [0.15, 0.2) is 0 Å². The Morgan fingerprint density at radius 1 is 0.958 bits per heavy atom. The molecule has 0 saturated carbocycles. The Bertz CT molecular complexity index is 682. The van der Waals surface area contributed by atoms with E-state index >= 15 is 0 Å². The Balaban J connectivity index is 2.09. The van der Waals surface area contributed by atoms with Crippen LogP contribution in [0, 0.1) is 0 Å². The number of carbonyl (C=O) groups excluding carboxylic acids is 2. The maximum absolute atomic E-state index is 12.7. The van der Waals surface area contributed by atoms with E-state index in [2.05, 4.69) is 5.32 Å². The first kappa shape index (κ1) is 17.7. The number of carbonyl (C=O) groups is 2. The summed E-state index contributed by atoms with van der Waals surface area (Å²) in [6, 6.07) is 16.5. The van der Waals surface area contributed by atoms with Gasteiger partial charge < -0.3 is 15.1 Å². The molecular formula is C19H23N3O2. The van der Waals surface area contributed by atoms with Crippen LogP contribution in [0.5, 0.6) is 0 Å². The largest absolute Gasteiger partial charge is 0.325 e. The maximum Gasteiger partial charge on any atom is 0.258 e. The van der Waals surface area contributed by atoms with Gasteiger partial charge >= 0.3 is 0 Å². The van der Waals surface area contributed by atoms with E-state index in [1.807, 2.05) is 51.4 Å². The van der Waals surface area contributed by atoms with Crippen LogP contribution in [0.3, 0.4) is 0 Å². The summed E-state index contributed by atoms with van der Waals surface area (Å²) in [5.74, 6) is -0.145. The Hall–Kier alpha value is -2.66. The highest BCUT2D eigenvalue weighted by Gasteiger charge is 2.15. The minimum Gasteiger partial charge on any atom is -0.325 e. The zero-order valence-electron chi connectivity index (χ0n) is 14.3. The van der Waals surface area contributed by atoms with Gasteiger partial charge in [0.2, 0.25) is 5.91 Å². The third kappa shape index (κ3) is 4.67. The molecule has 0 radical (unpaired) electrons. The first-order valence-corrected chi connectivity index (χ1v) is 7.93. The second kappa shape index (κ2) is 8.26. The summed E-state index contributed by atoms with van der Waals surface area (Å²) >= 11 is 0. The molecule has 0 atom stereocenters. The molecule has 0 spiro atoms. The van der Waals surface area contributed by atoms with Crippen LogP contribution < -0.4 is 10.2 Å². The number of rotatable bonds is 6. The summed E-state index contributed by atoms with van der Waals surface area (Å²) in [6.07, 6.45) is 0. The summed E-state index contributed by atoms with van der Waals surface area (Å²) in [4.78, 5) is 28.0. The molecule has 0 heterocycles. The first-order valence-electron chi connectivity index (χ1n) is 7.93. The molecule has 24 heavy (non-hydrogen) atoms. The van der Waals surface area contributed by atoms with Crippen LogP contribution >= 0.6 is 0 Å². The van der Waals surface area contributed by atoms with E-state index in [0.717, 1.165) is 5.69 Å². The van der Waals surface area contributed by atoms with Crippen molar-refractivity contribution in [2.45, 2.75) is 6.92 Å². The van der Waals surface area contributed by atoms with Gasteiger partial charge in [-0.1, -0.05) is 18.2 Å². The number of hydrogen-bond donors (Lipinski definition) is 1. The molecule has 2 aromatic carbocycles. The molecule has 0 aromatic heterocycles. The second-order valence-electron chi connectivity index (χ2n) is 5.75. The lowest BCUT2D eigenvalue weighted by atomic mass is 10.1. The fraction of sp³-hybridized carbons (Fsp3) is 0.263. The van der Waals surface area contributed by atoms with Crippen LogP contribution in [-0.2, 0) is 4.79 Å². The molecule has 0 unspecified atom stereocenters. The highest BCUT2D eigenvalue weighted by Crippen LogP contribution is 2.18. The minimum absolute atomic E-state index is 0.0603. The van der Waals surface area contributed by atoms with Crippen LogP contribution in [0.1, 0.15) is 17.3 Å². The van der Waals surface area contributed by atoms with Crippen LogP contribution in [-0.4, -0.2) is 43.9 Å². The van der Waals surface area contributed by atoms with Crippen molar-refractivity contribution in [3.63, 3.8) is 0 Å². The number of para-hydroxylation sites is 1. The van der Waals surface area contributed by atoms with Crippen molar-refractivity contribution >= 4 is 23.2 Å². The predicted molar refractivity (Wildman–Crippen MR) is 97.4 cm³/mol. The molecule has 0 aliphatic rings. The van der Waals surface area contributed by atoms with Crippen molar-refractivity contribution in [1.29, 1.82) is 0 Å². The van der Waals surface area contributed by atoms with E-state index in [0.29, 0.717) is 24.3 Å². The Labute approximate surface area is 142 Å². The SMILES string of the molecule is CCN(C(=O)c1ccc(NC(=O)CN(C)C)cc1)c1ccccc1. The monoisotopic (exact) mass is 325 g/mol. The molecule has 0 aliphatic heterocycles. The first-order chi connectivity index (χ1) is 11.5. The smallest absolute Gasteiger partial charge is 0.258 e. The summed E-state index contributed by atoms with van der Waals surface area (Å²) in [7, 11) is 3.68. The zero-order valence-corrected chi connectivity index (χ0v) is 14.3. The van der Waals surface area contributed by atoms with Crippen molar-refractivity contribution in [3.05, 3.63) is 60.2 Å². The van der Waals surface area contributed by atoms with E-state index in [4.69, 9.17) is 0 Å². The predicted octanol–water partition coefficient (Wildman–Crippen LogP) is 2.85. The number of anilines is 2. The van der Waals surface area contributed by atoms with Gasteiger partial charge in [0.25, 0.3) is 5.91 Å². The van der Waals surface area contributed by atoms with Gasteiger partial charge in [-0.05, 0) is 57.4 Å². The van der Waals surface area contributed by atoms with Gasteiger partial charge in [-0.3, -0.25) is 9.59 Å². The summed E-state index contributed by atoms with van der Waals surface area (Å²) in [5.41, 5.74) is 2.14. The van der Waals surface area contributed by atoms with Crippen LogP contribution in [0.2, 0.25) is 0 Å². The molecule has 0 fully saturated rings. The Morgan fingerprint density at radius 2 is 1.58 bits per heavy atom. The van der Waals surface area contributed by atoms with Gasteiger partial charge in [0, 0.05) is 23.5 Å². The van der Waals surface area contributed by atoms with Crippen molar-refractivity contribution < 1.29 is 9.59 Å². The number of likely N-dealkylation sites (N-methyl/N-ethyl adjacent to an activating group) is 1. The molecule has 1 N–H and O–H groups in total. The lowest BCUT2D eigenvalue weighted by molar-refractivity contribution is -0.116. The van der Waals surface area contributed by atoms with Crippen LogP contribution in [0.4, 0.5) is 11.4 Å². The van der Waals surface area contributed by atoms with E-state index in [-0.39, 0.29) is 11.8 Å². The van der Waals surface area contributed by atoms with Gasteiger partial charge in [-0.2, -0.15) is 0 Å². The molecule has 0 bridgehead atoms. The molecule has 0 saturated heterocycles. The number of hydrogen-bond acceptors (Lipinski definition) is 3. The fourth-order valence-electron chi connectivity index (χ4n) is 2.39. The molecule has 2 amide bonds. The molecule has 2 rings (SSSR count). The Kier molecular flexibility index (Phi) is 6.09. The van der Waals surface area contributed by atoms with Gasteiger partial charge in [0.1, 0.15) is 0 Å². The molecule has 5 heteroatoms. The fourth-order valence-corrected chi connectivity index (χ4v) is 2.39. The lowest BCUT2D eigenvalue weighted by Crippen LogP contribution is -2.30. The van der Waals surface area contributed by atoms with Crippen LogP contribution in [0.25, 0.3) is 0 Å². The average Bonchev–Trinajstić information content (AvgIpc) is 2.56. The number of amides is 2. The summed E-state index contributed by atoms with van der Waals surface area (Å²) in [6.45, 7) is 2.85. The van der Waals surface area contributed by atoms with Crippen molar-refractivity contribution in [2.75, 3.05) is 37.4 Å². The third-order valence-electron chi connectivity index (χ3n) is 3.50. The number of nitrogens with one attached hydrogen (secondary N) is 1. The summed E-state index contributed by atoms with van der Waals surface area (Å²) < 4.78 is 0. The van der Waals surface area contributed by atoms with Gasteiger partial charge in [-0.15, -0.1) is 0 Å². The van der Waals surface area contributed by atoms with E-state index in [9.17, 15) is 9.59 Å². The van der Waals surface area contributed by atoms with Crippen molar-refractivity contribution in [3.8, 4) is 0 Å². The quantitative estimate of drug-likeness (QED) is 0.888. The highest BCUT2D eigenvalue weighted by atomic mass is 16.2. The zero-order chi connectivity index (χ0) is 17.5. The third-order valence-corrected chi connectivity index (χ3v) is 3.50. The minimum atomic E-state index is -0.0847. The van der Waals surface area contributed by atoms with Gasteiger partial charge in [-0.25, -0.2) is 0 Å². The molecule has 2 aromatic rings. The Morgan fingerprint density at radius 3 is 2.12 bits per heavy atom. The highest BCUT2D eigenvalue weighted by molar-refractivity contribution is 6.06. The molecular weight excluding hydrogens is 302 g/mol. The lowest BCUT2D eigenvalue weighted by Gasteiger charge is -2.21. The van der Waals surface area contributed by atoms with Crippen LogP contribution in [0.15, 0.2) is 54.6 Å². The summed E-state index contributed by atoms with van der Waals surface area (Å²) in [5, 5.41) is 2.81. The maximum atomic E-state index is 12.7. The number of benzene rings is 2. The number of nitrogens with zero attached hydrogens (tertiary/aromatic N) is 2. The van der Waals surface area contributed by atoms with E-state index in [1.54, 1.807) is 34.1 Å². The normalized spacial score (nSPS) is 10.5. The molecule has 126 valence electrons. The molecule has 5 nitrogen and oxygen atoms in total. The topological polar surface area (TPSA) is 52.7 Å². The van der Waals surface area contributed by atoms with E-state index < -0.39 is 0 Å². The standard InChI is InChI=1S/C19H23N3O2/c1-4-22(17-8-6-5-7-9-17)19(24)15-10-12-16(13-11-15)20-18(23)14-21(2)3/h5-13H,4,14H2,1-3H3,(H,20,23). The van der Waals surface area contributed by atoms with Gasteiger partial charge in [0.05, 0.1) is 6.54 Å². The molecule has 0 aliphatic carbocycles. The van der Waals surface area contributed by atoms with E-state index in [1.165, 1.54) is 0 Å². The van der Waals surface area contributed by atoms with Crippen molar-refractivity contribution in [1.82, 2.24) is 4.90 Å².